The van der Waals surface area contributed by atoms with Gasteiger partial charge < -0.3 is 37.5 Å². The number of carbonyl (C=O) groups excluding carboxylic acids is 4. The summed E-state index contributed by atoms with van der Waals surface area (Å²) in [7, 11) is 0. The first-order valence-electron chi connectivity index (χ1n) is 13.8. The minimum atomic E-state index is -1.40. The Morgan fingerprint density at radius 2 is 1.43 bits per heavy atom. The number of aliphatic carboxylic acids is 1. The molecular weight excluding hydrogens is 540 g/mol. The van der Waals surface area contributed by atoms with E-state index in [4.69, 9.17) is 11.5 Å². The van der Waals surface area contributed by atoms with Crippen LogP contribution in [-0.2, 0) is 36.8 Å². The van der Waals surface area contributed by atoms with Crippen LogP contribution in [0.3, 0.4) is 0 Å². The van der Waals surface area contributed by atoms with Gasteiger partial charge in [-0.2, -0.15) is 0 Å². The van der Waals surface area contributed by atoms with Gasteiger partial charge in [-0.3, -0.25) is 19.2 Å². The minimum absolute atomic E-state index is 0.0110. The number of nitrogens with two attached hydrogens (primary N) is 2. The number of hydrogen-bond acceptors (Lipinski definition) is 6. The summed E-state index contributed by atoms with van der Waals surface area (Å²) in [6, 6.07) is 11.3. The lowest BCUT2D eigenvalue weighted by atomic mass is 9.98. The molecule has 0 bridgehead atoms. The summed E-state index contributed by atoms with van der Waals surface area (Å²) in [4.78, 5) is 66.7. The van der Waals surface area contributed by atoms with Gasteiger partial charge >= 0.3 is 5.97 Å². The van der Waals surface area contributed by atoms with E-state index in [1.165, 1.54) is 0 Å². The van der Waals surface area contributed by atoms with E-state index < -0.39 is 60.2 Å². The molecule has 42 heavy (non-hydrogen) atoms. The molecule has 12 nitrogen and oxygen atoms in total. The maximum atomic E-state index is 13.6. The number of carboxylic acid groups (broad SMARTS) is 1. The Morgan fingerprint density at radius 3 is 2.07 bits per heavy atom. The van der Waals surface area contributed by atoms with Gasteiger partial charge in [0.05, 0.1) is 12.5 Å². The van der Waals surface area contributed by atoms with Gasteiger partial charge in [0.25, 0.3) is 0 Å². The van der Waals surface area contributed by atoms with E-state index in [2.05, 4.69) is 20.9 Å². The van der Waals surface area contributed by atoms with Crippen LogP contribution in [0.2, 0.25) is 0 Å². The number of H-pyrrole nitrogens is 1. The van der Waals surface area contributed by atoms with Crippen molar-refractivity contribution in [1.29, 1.82) is 0 Å². The van der Waals surface area contributed by atoms with Crippen molar-refractivity contribution in [2.24, 2.45) is 17.4 Å². The molecule has 0 fully saturated rings. The highest BCUT2D eigenvalue weighted by Crippen LogP contribution is 2.19. The van der Waals surface area contributed by atoms with Crippen molar-refractivity contribution in [2.45, 2.75) is 63.7 Å². The molecule has 0 saturated heterocycles. The SMILES string of the molecule is CCC(C)C(N)C(=O)NC(CC(N)=O)C(=O)NC(Cc1c[nH]c2ccccc12)C(=O)NC(Cc1ccccc1)C(=O)O. The largest absolute Gasteiger partial charge is 0.480 e. The third-order valence-electron chi connectivity index (χ3n) is 7.23. The zero-order valence-electron chi connectivity index (χ0n) is 23.6. The van der Waals surface area contributed by atoms with Crippen molar-refractivity contribution in [3.8, 4) is 0 Å². The molecule has 0 radical (unpaired) electrons. The molecular formula is C30H38N6O6. The zero-order valence-corrected chi connectivity index (χ0v) is 23.6. The van der Waals surface area contributed by atoms with E-state index >= 15 is 0 Å². The monoisotopic (exact) mass is 578 g/mol. The van der Waals surface area contributed by atoms with Gasteiger partial charge in [-0.15, -0.1) is 0 Å². The number of amides is 4. The van der Waals surface area contributed by atoms with Crippen LogP contribution in [0.25, 0.3) is 10.9 Å². The molecule has 0 aliphatic rings. The van der Waals surface area contributed by atoms with E-state index in [1.54, 1.807) is 43.5 Å². The highest BCUT2D eigenvalue weighted by molar-refractivity contribution is 5.96. The van der Waals surface area contributed by atoms with Gasteiger partial charge in [0.2, 0.25) is 23.6 Å². The standard InChI is InChI=1S/C30H38N6O6/c1-3-17(2)26(32)29(40)35-23(15-25(31)37)28(39)34-22(14-19-16-33-21-12-8-7-11-20(19)21)27(38)36-24(30(41)42)13-18-9-5-4-6-10-18/h4-12,16-17,22-24,26,33H,3,13-15,32H2,1-2H3,(H2,31,37)(H,34,39)(H,35,40)(H,36,38)(H,41,42). The lowest BCUT2D eigenvalue weighted by Crippen LogP contribution is -2.58. The fourth-order valence-corrected chi connectivity index (χ4v) is 4.51. The van der Waals surface area contributed by atoms with Gasteiger partial charge in [0, 0.05) is 29.9 Å². The number of aromatic nitrogens is 1. The van der Waals surface area contributed by atoms with Crippen LogP contribution in [0.15, 0.2) is 60.8 Å². The number of carbonyl (C=O) groups is 5. The van der Waals surface area contributed by atoms with Crippen molar-refractivity contribution >= 4 is 40.5 Å². The van der Waals surface area contributed by atoms with Crippen molar-refractivity contribution in [1.82, 2.24) is 20.9 Å². The predicted molar refractivity (Wildman–Crippen MR) is 157 cm³/mol. The molecule has 0 aliphatic carbocycles. The number of aromatic amines is 1. The van der Waals surface area contributed by atoms with E-state index in [9.17, 15) is 29.1 Å². The quantitative estimate of drug-likeness (QED) is 0.137. The lowest BCUT2D eigenvalue weighted by Gasteiger charge is -2.25. The molecule has 3 aromatic rings. The molecule has 5 atom stereocenters. The minimum Gasteiger partial charge on any atom is -0.480 e. The van der Waals surface area contributed by atoms with Crippen molar-refractivity contribution in [2.75, 3.05) is 0 Å². The Bertz CT molecular complexity index is 1410. The first kappa shape index (κ1) is 31.8. The number of rotatable bonds is 15. The van der Waals surface area contributed by atoms with Crippen LogP contribution in [0.1, 0.15) is 37.8 Å². The molecule has 4 amide bonds. The fourth-order valence-electron chi connectivity index (χ4n) is 4.51. The number of para-hydroxylation sites is 1. The summed E-state index contributed by atoms with van der Waals surface area (Å²) in [6.45, 7) is 3.64. The van der Waals surface area contributed by atoms with Gasteiger partial charge in [0.15, 0.2) is 0 Å². The van der Waals surface area contributed by atoms with Gasteiger partial charge in [-0.05, 0) is 23.1 Å². The topological polar surface area (TPSA) is 209 Å². The van der Waals surface area contributed by atoms with Gasteiger partial charge in [-0.1, -0.05) is 68.8 Å². The molecule has 1 aromatic heterocycles. The Labute approximate surface area is 243 Å². The van der Waals surface area contributed by atoms with Crippen molar-refractivity contribution in [3.63, 3.8) is 0 Å². The van der Waals surface area contributed by atoms with E-state index in [0.717, 1.165) is 10.9 Å². The van der Waals surface area contributed by atoms with Crippen LogP contribution in [0.5, 0.6) is 0 Å². The number of fused-ring (bicyclic) bond motifs is 1. The molecule has 2 aromatic carbocycles. The lowest BCUT2D eigenvalue weighted by molar-refractivity contribution is -0.142. The molecule has 224 valence electrons. The molecule has 9 N–H and O–H groups in total. The maximum Gasteiger partial charge on any atom is 0.326 e. The second-order valence-corrected chi connectivity index (χ2v) is 10.4. The average Bonchev–Trinajstić information content (AvgIpc) is 3.38. The number of benzene rings is 2. The summed E-state index contributed by atoms with van der Waals surface area (Å²) >= 11 is 0. The maximum absolute atomic E-state index is 13.6. The van der Waals surface area contributed by atoms with E-state index in [1.807, 2.05) is 31.2 Å². The Balaban J connectivity index is 1.87. The summed E-state index contributed by atoms with van der Waals surface area (Å²) in [5.41, 5.74) is 13.6. The van der Waals surface area contributed by atoms with Crippen LogP contribution in [-0.4, -0.2) is 63.9 Å². The van der Waals surface area contributed by atoms with Crippen LogP contribution >= 0.6 is 0 Å². The molecule has 1 heterocycles. The molecule has 5 unspecified atom stereocenters. The smallest absolute Gasteiger partial charge is 0.326 e. The summed E-state index contributed by atoms with van der Waals surface area (Å²) in [5, 5.41) is 18.2. The third kappa shape index (κ3) is 8.64. The molecule has 0 aliphatic heterocycles. The van der Waals surface area contributed by atoms with E-state index in [0.29, 0.717) is 17.5 Å². The highest BCUT2D eigenvalue weighted by atomic mass is 16.4. The first-order valence-corrected chi connectivity index (χ1v) is 13.8. The predicted octanol–water partition coefficient (Wildman–Crippen LogP) is 0.741. The normalized spacial score (nSPS) is 14.6. The van der Waals surface area contributed by atoms with Crippen LogP contribution in [0, 0.1) is 5.92 Å². The number of hydrogen-bond donors (Lipinski definition) is 7. The summed E-state index contributed by atoms with van der Waals surface area (Å²) in [6.07, 6.45) is 1.79. The Morgan fingerprint density at radius 1 is 0.833 bits per heavy atom. The second kappa shape index (κ2) is 14.8. The highest BCUT2D eigenvalue weighted by Gasteiger charge is 2.32. The second-order valence-electron chi connectivity index (χ2n) is 10.4. The van der Waals surface area contributed by atoms with Gasteiger partial charge in [0.1, 0.15) is 18.1 Å². The molecule has 0 spiro atoms. The van der Waals surface area contributed by atoms with Crippen molar-refractivity contribution < 1.29 is 29.1 Å². The number of primary amides is 1. The van der Waals surface area contributed by atoms with Crippen LogP contribution < -0.4 is 27.4 Å². The van der Waals surface area contributed by atoms with E-state index in [-0.39, 0.29) is 18.8 Å². The average molecular weight is 579 g/mol. The third-order valence-corrected chi connectivity index (χ3v) is 7.23. The summed E-state index contributed by atoms with van der Waals surface area (Å²) < 4.78 is 0. The zero-order chi connectivity index (χ0) is 30.8. The molecule has 12 heteroatoms. The molecule has 0 saturated carbocycles. The van der Waals surface area contributed by atoms with Gasteiger partial charge in [-0.25, -0.2) is 4.79 Å². The fraction of sp³-hybridized carbons (Fsp3) is 0.367. The van der Waals surface area contributed by atoms with Crippen molar-refractivity contribution in [3.05, 3.63) is 71.9 Å². The summed E-state index contributed by atoms with van der Waals surface area (Å²) in [5.74, 6) is -4.52. The first-order chi connectivity index (χ1) is 20.0. The Kier molecular flexibility index (Phi) is 11.2. The molecule has 3 rings (SSSR count). The van der Waals surface area contributed by atoms with Crippen LogP contribution in [0.4, 0.5) is 0 Å². The number of carboxylic acids is 1. The number of nitrogens with one attached hydrogen (secondary N) is 4. The Hall–Kier alpha value is -4.71.